The van der Waals surface area contributed by atoms with Gasteiger partial charge in [-0.3, -0.25) is 14.6 Å². The lowest BCUT2D eigenvalue weighted by atomic mass is 9.78. The lowest BCUT2D eigenvalue weighted by Gasteiger charge is -2.42. The molecule has 2 N–H and O–H groups in total. The molecule has 2 aliphatic heterocycles. The molecular weight excluding hydrogens is 438 g/mol. The normalized spacial score (nSPS) is 20.0. The number of hydrogen-bond donors (Lipinski definition) is 2. The highest BCUT2D eigenvalue weighted by atomic mass is 16.2. The highest BCUT2D eigenvalue weighted by Gasteiger charge is 2.42. The average molecular weight is 474 g/mol. The smallest absolute Gasteiger partial charge is 0.254 e. The van der Waals surface area contributed by atoms with Gasteiger partial charge in [-0.05, 0) is 100 Å². The van der Waals surface area contributed by atoms with Crippen molar-refractivity contribution in [1.82, 2.24) is 25.1 Å². The maximum Gasteiger partial charge on any atom is 0.254 e. The number of rotatable bonds is 5. The molecule has 2 saturated heterocycles. The highest BCUT2D eigenvalue weighted by molar-refractivity contribution is 6.01. The first-order chi connectivity index (χ1) is 16.9. The third kappa shape index (κ3) is 4.82. The van der Waals surface area contributed by atoms with Gasteiger partial charge in [0.1, 0.15) is 0 Å². The van der Waals surface area contributed by atoms with Crippen LogP contribution in [0.3, 0.4) is 0 Å². The lowest BCUT2D eigenvalue weighted by molar-refractivity contribution is -0.139. The Labute approximate surface area is 206 Å². The van der Waals surface area contributed by atoms with Crippen molar-refractivity contribution in [3.05, 3.63) is 66.1 Å². The summed E-state index contributed by atoms with van der Waals surface area (Å²) in [4.78, 5) is 39.2. The molecule has 0 unspecified atom stereocenters. The van der Waals surface area contributed by atoms with Gasteiger partial charge in [-0.2, -0.15) is 0 Å². The summed E-state index contributed by atoms with van der Waals surface area (Å²) in [6.07, 6.45) is 8.07. The van der Waals surface area contributed by atoms with E-state index in [1.807, 2.05) is 47.5 Å². The van der Waals surface area contributed by atoms with Gasteiger partial charge in [-0.15, -0.1) is 0 Å². The van der Waals surface area contributed by atoms with E-state index in [1.165, 1.54) is 25.9 Å². The number of carbonyl (C=O) groups excluding carboxylic acids is 2. The summed E-state index contributed by atoms with van der Waals surface area (Å²) < 4.78 is 0. The number of aromatic amines is 1. The monoisotopic (exact) mass is 473 g/mol. The summed E-state index contributed by atoms with van der Waals surface area (Å²) in [5, 5.41) is 4.09. The van der Waals surface area contributed by atoms with Gasteiger partial charge in [0, 0.05) is 36.6 Å². The SMILES string of the molecule is CN1CCC(C2CCN(C(=O)[C@@](C)(NC(=O)c3ccc4cc[nH]c4c3)c3ccccn3)CC2)CC1. The first-order valence-corrected chi connectivity index (χ1v) is 12.7. The topological polar surface area (TPSA) is 81.3 Å². The number of piperidine rings is 2. The Hall–Kier alpha value is -3.19. The van der Waals surface area contributed by atoms with E-state index < -0.39 is 5.54 Å². The fraction of sp³-hybridized carbons (Fsp3) is 0.464. The Morgan fingerprint density at radius 2 is 1.71 bits per heavy atom. The van der Waals surface area contributed by atoms with E-state index in [0.717, 1.165) is 42.8 Å². The Balaban J connectivity index is 1.33. The number of fused-ring (bicyclic) bond motifs is 1. The van der Waals surface area contributed by atoms with E-state index in [1.54, 1.807) is 19.2 Å². The van der Waals surface area contributed by atoms with E-state index >= 15 is 0 Å². The zero-order valence-electron chi connectivity index (χ0n) is 20.7. The Bertz CT molecular complexity index is 1180. The summed E-state index contributed by atoms with van der Waals surface area (Å²) >= 11 is 0. The van der Waals surface area contributed by atoms with Crippen LogP contribution in [0, 0.1) is 11.8 Å². The van der Waals surface area contributed by atoms with Gasteiger partial charge in [-0.25, -0.2) is 0 Å². The molecular formula is C28H35N5O2. The van der Waals surface area contributed by atoms with Crippen LogP contribution in [0.2, 0.25) is 0 Å². The predicted octanol–water partition coefficient (Wildman–Crippen LogP) is 3.79. The van der Waals surface area contributed by atoms with E-state index in [4.69, 9.17) is 0 Å². The molecule has 184 valence electrons. The molecule has 0 bridgehead atoms. The summed E-state index contributed by atoms with van der Waals surface area (Å²) in [5.74, 6) is 1.06. The highest BCUT2D eigenvalue weighted by Crippen LogP contribution is 2.33. The zero-order valence-corrected chi connectivity index (χ0v) is 20.7. The Kier molecular flexibility index (Phi) is 6.60. The maximum absolute atomic E-state index is 13.9. The van der Waals surface area contributed by atoms with Crippen molar-refractivity contribution in [2.75, 3.05) is 33.2 Å². The molecule has 4 heterocycles. The molecule has 2 fully saturated rings. The molecule has 0 saturated carbocycles. The Morgan fingerprint density at radius 1 is 1.00 bits per heavy atom. The number of likely N-dealkylation sites (tertiary alicyclic amines) is 2. The van der Waals surface area contributed by atoms with Crippen molar-refractivity contribution in [2.24, 2.45) is 11.8 Å². The molecule has 2 aliphatic rings. The number of nitrogens with one attached hydrogen (secondary N) is 2. The molecule has 0 spiro atoms. The predicted molar refractivity (Wildman–Crippen MR) is 137 cm³/mol. The minimum atomic E-state index is -1.25. The first-order valence-electron chi connectivity index (χ1n) is 12.7. The van der Waals surface area contributed by atoms with Crippen LogP contribution >= 0.6 is 0 Å². The summed E-state index contributed by atoms with van der Waals surface area (Å²) in [6, 6.07) is 13.0. The molecule has 7 heteroatoms. The van der Waals surface area contributed by atoms with Crippen molar-refractivity contribution in [1.29, 1.82) is 0 Å². The van der Waals surface area contributed by atoms with Gasteiger partial charge in [0.25, 0.3) is 11.8 Å². The van der Waals surface area contributed by atoms with E-state index in [9.17, 15) is 9.59 Å². The van der Waals surface area contributed by atoms with Crippen LogP contribution < -0.4 is 5.32 Å². The molecule has 1 atom stereocenters. The number of benzene rings is 1. The van der Waals surface area contributed by atoms with Crippen molar-refractivity contribution >= 4 is 22.7 Å². The molecule has 5 rings (SSSR count). The standard InChI is InChI=1S/C28H35N5O2/c1-28(25-5-3-4-13-30-25,31-26(34)23-7-6-22-8-14-29-24(22)19-23)27(35)33-17-11-21(12-18-33)20-9-15-32(2)16-10-20/h3-8,13-14,19-21,29H,9-12,15-18H2,1-2H3,(H,31,34)/t28-/m0/s1. The van der Waals surface area contributed by atoms with Crippen LogP contribution in [0.15, 0.2) is 54.9 Å². The largest absolute Gasteiger partial charge is 0.361 e. The van der Waals surface area contributed by atoms with Crippen LogP contribution in [0.1, 0.15) is 48.7 Å². The second-order valence-electron chi connectivity index (χ2n) is 10.3. The molecule has 0 aliphatic carbocycles. The van der Waals surface area contributed by atoms with Gasteiger partial charge in [0.2, 0.25) is 0 Å². The van der Waals surface area contributed by atoms with Crippen LogP contribution in [0.5, 0.6) is 0 Å². The summed E-state index contributed by atoms with van der Waals surface area (Å²) in [7, 11) is 2.19. The first kappa shape index (κ1) is 23.5. The van der Waals surface area contributed by atoms with Gasteiger partial charge in [-0.1, -0.05) is 12.1 Å². The molecule has 2 aromatic heterocycles. The van der Waals surface area contributed by atoms with Gasteiger partial charge in [0.05, 0.1) is 5.69 Å². The quantitative estimate of drug-likeness (QED) is 0.591. The molecule has 3 aromatic rings. The van der Waals surface area contributed by atoms with E-state index in [-0.39, 0.29) is 11.8 Å². The average Bonchev–Trinajstić information content (AvgIpc) is 3.37. The number of hydrogen-bond acceptors (Lipinski definition) is 4. The van der Waals surface area contributed by atoms with E-state index in [0.29, 0.717) is 17.2 Å². The Morgan fingerprint density at radius 3 is 2.40 bits per heavy atom. The zero-order chi connectivity index (χ0) is 24.4. The molecule has 2 amide bonds. The molecule has 35 heavy (non-hydrogen) atoms. The third-order valence-electron chi connectivity index (χ3n) is 8.04. The fourth-order valence-corrected chi connectivity index (χ4v) is 5.76. The van der Waals surface area contributed by atoms with Crippen molar-refractivity contribution in [2.45, 2.75) is 38.1 Å². The second-order valence-corrected chi connectivity index (χ2v) is 10.3. The molecule has 1 aromatic carbocycles. The maximum atomic E-state index is 13.9. The van der Waals surface area contributed by atoms with Crippen LogP contribution in [-0.4, -0.2) is 64.8 Å². The number of carbonyl (C=O) groups is 2. The molecule has 7 nitrogen and oxygen atoms in total. The second kappa shape index (κ2) is 9.82. The number of H-pyrrole nitrogens is 1. The van der Waals surface area contributed by atoms with Crippen molar-refractivity contribution < 1.29 is 9.59 Å². The van der Waals surface area contributed by atoms with Crippen LogP contribution in [0.25, 0.3) is 10.9 Å². The number of nitrogens with zero attached hydrogens (tertiary/aromatic N) is 3. The van der Waals surface area contributed by atoms with Crippen molar-refractivity contribution in [3.63, 3.8) is 0 Å². The summed E-state index contributed by atoms with van der Waals surface area (Å²) in [6.45, 7) is 5.57. The lowest BCUT2D eigenvalue weighted by Crippen LogP contribution is -2.57. The molecule has 0 radical (unpaired) electrons. The van der Waals surface area contributed by atoms with Gasteiger partial charge < -0.3 is 20.1 Å². The number of amides is 2. The number of aromatic nitrogens is 2. The third-order valence-corrected chi connectivity index (χ3v) is 8.04. The summed E-state index contributed by atoms with van der Waals surface area (Å²) in [5.41, 5.74) is 0.704. The van der Waals surface area contributed by atoms with Crippen LogP contribution in [0.4, 0.5) is 0 Å². The van der Waals surface area contributed by atoms with Crippen LogP contribution in [-0.2, 0) is 10.3 Å². The minimum Gasteiger partial charge on any atom is -0.361 e. The minimum absolute atomic E-state index is 0.0904. The van der Waals surface area contributed by atoms with Crippen molar-refractivity contribution in [3.8, 4) is 0 Å². The van der Waals surface area contributed by atoms with Gasteiger partial charge >= 0.3 is 0 Å². The number of pyridine rings is 1. The van der Waals surface area contributed by atoms with Gasteiger partial charge in [0.15, 0.2) is 5.54 Å². The van der Waals surface area contributed by atoms with E-state index in [2.05, 4.69) is 27.2 Å². The fourth-order valence-electron chi connectivity index (χ4n) is 5.76.